The van der Waals surface area contributed by atoms with Crippen molar-refractivity contribution in [2.75, 3.05) is 10.2 Å². The molecule has 4 aliphatic carbocycles. The molecule has 4 heterocycles. The summed E-state index contributed by atoms with van der Waals surface area (Å²) in [5.74, 6) is 0.943. The van der Waals surface area contributed by atoms with Crippen molar-refractivity contribution in [1.82, 2.24) is 19.5 Å². The Labute approximate surface area is 406 Å². The molecule has 0 amide bonds. The third-order valence-electron chi connectivity index (χ3n) is 17.6. The third kappa shape index (κ3) is 4.07. The Morgan fingerprint density at radius 2 is 0.986 bits per heavy atom. The molecule has 3 atom stereocenters. The van der Waals surface area contributed by atoms with E-state index in [2.05, 4.69) is 224 Å². The second-order valence-electron chi connectivity index (χ2n) is 21.1. The molecular weight excluding hydrogens is 853 g/mol. The van der Waals surface area contributed by atoms with E-state index in [0.717, 1.165) is 39.5 Å². The quantitative estimate of drug-likeness (QED) is 0.186. The summed E-state index contributed by atoms with van der Waals surface area (Å²) in [4.78, 5) is 19.1. The number of para-hydroxylation sites is 4. The third-order valence-corrected chi connectivity index (χ3v) is 17.6. The number of anilines is 3. The van der Waals surface area contributed by atoms with Gasteiger partial charge in [-0.05, 0) is 86.1 Å². The minimum absolute atomic E-state index is 0.121. The predicted molar refractivity (Wildman–Crippen MR) is 283 cm³/mol. The molecule has 3 unspecified atom stereocenters. The monoisotopic (exact) mass is 898 g/mol. The zero-order chi connectivity index (χ0) is 46.5. The molecule has 5 aliphatic rings. The lowest BCUT2D eigenvalue weighted by atomic mass is 9.27. The molecule has 1 N–H and O–H groups in total. The van der Waals surface area contributed by atoms with E-state index in [-0.39, 0.29) is 6.17 Å². The van der Waals surface area contributed by atoms with Gasteiger partial charge in [-0.1, -0.05) is 173 Å². The van der Waals surface area contributed by atoms with Gasteiger partial charge in [-0.25, -0.2) is 4.98 Å². The molecule has 0 spiro atoms. The molecule has 6 nitrogen and oxygen atoms in total. The van der Waals surface area contributed by atoms with Gasteiger partial charge in [0.05, 0.1) is 45.2 Å². The minimum atomic E-state index is -0.574. The lowest BCUT2D eigenvalue weighted by Crippen LogP contribution is -2.75. The van der Waals surface area contributed by atoms with Gasteiger partial charge in [0.2, 0.25) is 0 Å². The van der Waals surface area contributed by atoms with Crippen molar-refractivity contribution < 1.29 is 0 Å². The van der Waals surface area contributed by atoms with Crippen LogP contribution >= 0.6 is 0 Å². The summed E-state index contributed by atoms with van der Waals surface area (Å²) in [6.45, 7) is 10.2. The first-order valence-electron chi connectivity index (χ1n) is 24.7. The number of benzene rings is 8. The molecule has 11 aromatic rings. The van der Waals surface area contributed by atoms with Crippen LogP contribution in [-0.2, 0) is 21.7 Å². The van der Waals surface area contributed by atoms with Crippen molar-refractivity contribution in [3.05, 3.63) is 233 Å². The van der Waals surface area contributed by atoms with E-state index in [9.17, 15) is 0 Å². The van der Waals surface area contributed by atoms with Crippen LogP contribution in [0.4, 0.5) is 17.1 Å². The van der Waals surface area contributed by atoms with Crippen LogP contribution in [0.25, 0.3) is 72.2 Å². The van der Waals surface area contributed by atoms with Crippen molar-refractivity contribution in [1.29, 1.82) is 0 Å². The zero-order valence-corrected chi connectivity index (χ0v) is 39.3. The first kappa shape index (κ1) is 38.6. The van der Waals surface area contributed by atoms with E-state index in [1.54, 1.807) is 0 Å². The van der Waals surface area contributed by atoms with E-state index in [0.29, 0.717) is 0 Å². The Kier molecular flexibility index (Phi) is 7.08. The average Bonchev–Trinajstić information content (AvgIpc) is 4.16. The Bertz CT molecular complexity index is 4130. The Morgan fingerprint density at radius 3 is 1.63 bits per heavy atom. The van der Waals surface area contributed by atoms with Gasteiger partial charge < -0.3 is 10.2 Å². The van der Waals surface area contributed by atoms with Crippen molar-refractivity contribution in [2.24, 2.45) is 0 Å². The molecule has 6 heteroatoms. The molecule has 0 saturated carbocycles. The van der Waals surface area contributed by atoms with Gasteiger partial charge in [0.15, 0.2) is 0 Å². The summed E-state index contributed by atoms with van der Waals surface area (Å²) in [6, 6.07) is 66.7. The molecule has 332 valence electrons. The van der Waals surface area contributed by atoms with Gasteiger partial charge in [0, 0.05) is 61.5 Å². The number of hydrogen-bond donors (Lipinski definition) is 1. The highest BCUT2D eigenvalue weighted by molar-refractivity contribution is 6.17. The number of nitrogens with zero attached hydrogens (tertiary/aromatic N) is 5. The summed E-state index contributed by atoms with van der Waals surface area (Å²) in [7, 11) is 0. The summed E-state index contributed by atoms with van der Waals surface area (Å²) >= 11 is 0. The first-order valence-corrected chi connectivity index (χ1v) is 24.7. The van der Waals surface area contributed by atoms with Gasteiger partial charge in [0.25, 0.3) is 0 Å². The van der Waals surface area contributed by atoms with Crippen molar-refractivity contribution >= 4 is 49.6 Å². The van der Waals surface area contributed by atoms with Crippen LogP contribution in [0.2, 0.25) is 0 Å². The highest BCUT2D eigenvalue weighted by Crippen LogP contribution is 2.86. The topological polar surface area (TPSA) is 58.9 Å². The zero-order valence-electron chi connectivity index (χ0n) is 39.3. The second kappa shape index (κ2) is 12.8. The van der Waals surface area contributed by atoms with Crippen molar-refractivity contribution in [3.8, 4) is 39.6 Å². The summed E-state index contributed by atoms with van der Waals surface area (Å²) in [6.07, 6.45) is 3.90. The van der Waals surface area contributed by atoms with Gasteiger partial charge in [-0.3, -0.25) is 14.5 Å². The number of imidazole rings is 1. The second-order valence-corrected chi connectivity index (χ2v) is 21.1. The number of pyridine rings is 2. The molecule has 70 heavy (non-hydrogen) atoms. The standard InChI is InChI=1S/C64H46N6/c1-61(2)53-51-49(39-25-11-13-27-41(39)57(53)69-47-33-17-15-31-45(47)67-59(69)37-21-7-5-8-22-37)55-43(29-19-35-65-55)63(51,61)64-44-30-20-36-66-56(44)50-40-26-12-14-28-42(40)58(54(52(50)64)62(64,3)4)70-48-34-18-16-32-46(48)68-60(70)38-23-9-6-10-24-38/h5-36,59,67H,1-4H3. The SMILES string of the molecule is CC1(C)c2c3c(c4ccccc4c2N2c4ccccc4NC2c2ccccc2)-c2ncccc2C31C12c3cccnc3-c3c1c(c(-n1c(-c4ccccc4)nc4ccccc41)c1ccccc31)C2(C)C. The smallest absolute Gasteiger partial charge is 0.145 e. The molecule has 8 aromatic carbocycles. The summed E-state index contributed by atoms with van der Waals surface area (Å²) < 4.78 is 2.49. The fourth-order valence-electron chi connectivity index (χ4n) is 15.4. The molecule has 1 aliphatic heterocycles. The lowest BCUT2D eigenvalue weighted by molar-refractivity contribution is 0.0680. The fraction of sp³-hybridized carbons (Fsp3) is 0.141. The molecule has 0 fully saturated rings. The van der Waals surface area contributed by atoms with Gasteiger partial charge >= 0.3 is 0 Å². The van der Waals surface area contributed by atoms with E-state index in [4.69, 9.17) is 15.0 Å². The Morgan fingerprint density at radius 1 is 0.471 bits per heavy atom. The maximum atomic E-state index is 5.49. The number of nitrogens with one attached hydrogen (secondary N) is 1. The summed E-state index contributed by atoms with van der Waals surface area (Å²) in [5.41, 5.74) is 20.0. The van der Waals surface area contributed by atoms with Gasteiger partial charge in [-0.2, -0.15) is 0 Å². The average molecular weight is 899 g/mol. The number of hydrogen-bond acceptors (Lipinski definition) is 5. The molecular formula is C64H46N6. The maximum Gasteiger partial charge on any atom is 0.145 e. The van der Waals surface area contributed by atoms with E-state index in [1.807, 2.05) is 12.4 Å². The molecule has 16 rings (SSSR count). The van der Waals surface area contributed by atoms with E-state index >= 15 is 0 Å². The normalized spacial score (nSPS) is 20.9. The van der Waals surface area contributed by atoms with Gasteiger partial charge in [0.1, 0.15) is 12.0 Å². The van der Waals surface area contributed by atoms with Crippen LogP contribution in [0, 0.1) is 0 Å². The highest BCUT2D eigenvalue weighted by Gasteiger charge is 2.83. The van der Waals surface area contributed by atoms with E-state index < -0.39 is 21.7 Å². The predicted octanol–water partition coefficient (Wildman–Crippen LogP) is 14.9. The van der Waals surface area contributed by atoms with Gasteiger partial charge in [-0.15, -0.1) is 0 Å². The number of fused-ring (bicyclic) bond motifs is 13. The molecule has 3 aromatic heterocycles. The Balaban J connectivity index is 1.08. The van der Waals surface area contributed by atoms with Crippen LogP contribution in [0.1, 0.15) is 72.8 Å². The number of rotatable bonds is 5. The first-order chi connectivity index (χ1) is 34.3. The summed E-state index contributed by atoms with van der Waals surface area (Å²) in [5, 5.41) is 8.90. The largest absolute Gasteiger partial charge is 0.359 e. The van der Waals surface area contributed by atoms with E-state index in [1.165, 1.54) is 88.7 Å². The van der Waals surface area contributed by atoms with Crippen molar-refractivity contribution in [2.45, 2.75) is 55.5 Å². The van der Waals surface area contributed by atoms with Crippen molar-refractivity contribution in [3.63, 3.8) is 0 Å². The van der Waals surface area contributed by atoms with Crippen LogP contribution in [0.3, 0.4) is 0 Å². The number of aromatic nitrogens is 4. The maximum absolute atomic E-state index is 5.49. The minimum Gasteiger partial charge on any atom is -0.359 e. The highest BCUT2D eigenvalue weighted by atomic mass is 15.3. The molecule has 0 bridgehead atoms. The lowest BCUT2D eigenvalue weighted by Gasteiger charge is -2.73. The van der Waals surface area contributed by atoms with Crippen LogP contribution in [0.5, 0.6) is 0 Å². The van der Waals surface area contributed by atoms with Crippen LogP contribution < -0.4 is 10.2 Å². The van der Waals surface area contributed by atoms with Crippen LogP contribution in [0.15, 0.2) is 194 Å². The fourth-order valence-corrected chi connectivity index (χ4v) is 15.4. The Hall–Kier alpha value is -8.35. The molecule has 0 radical (unpaired) electrons. The molecule has 0 saturated heterocycles. The van der Waals surface area contributed by atoms with Crippen LogP contribution in [-0.4, -0.2) is 19.5 Å².